The van der Waals surface area contributed by atoms with Crippen molar-refractivity contribution in [3.8, 4) is 0 Å². The van der Waals surface area contributed by atoms with E-state index < -0.39 is 0 Å². The molecule has 0 radical (unpaired) electrons. The fourth-order valence-electron chi connectivity index (χ4n) is 2.11. The zero-order valence-electron chi connectivity index (χ0n) is 8.22. The van der Waals surface area contributed by atoms with Gasteiger partial charge in [0.05, 0.1) is 0 Å². The smallest absolute Gasteiger partial charge is 0.0406 e. The van der Waals surface area contributed by atoms with E-state index in [0.717, 1.165) is 6.54 Å². The summed E-state index contributed by atoms with van der Waals surface area (Å²) in [6.45, 7) is 3.47. The summed E-state index contributed by atoms with van der Waals surface area (Å²) < 4.78 is 0. The number of rotatable bonds is 1. The van der Waals surface area contributed by atoms with Gasteiger partial charge in [-0.25, -0.2) is 0 Å². The molecule has 0 unspecified atom stereocenters. The van der Waals surface area contributed by atoms with Crippen LogP contribution < -0.4 is 5.32 Å². The molecular formula is C12H17N. The molecule has 0 amide bonds. The lowest BCUT2D eigenvalue weighted by Gasteiger charge is -2.35. The summed E-state index contributed by atoms with van der Waals surface area (Å²) in [5.41, 5.74) is 1.65. The average Bonchev–Trinajstić information content (AvgIpc) is 2.20. The first-order valence-electron chi connectivity index (χ1n) is 5.12. The van der Waals surface area contributed by atoms with Crippen molar-refractivity contribution in [1.29, 1.82) is 0 Å². The molecule has 1 N–H and O–H groups in total. The van der Waals surface area contributed by atoms with Crippen molar-refractivity contribution >= 4 is 0 Å². The molecule has 1 aromatic rings. The molecule has 1 aliphatic rings. The van der Waals surface area contributed by atoms with Gasteiger partial charge in [-0.1, -0.05) is 36.8 Å². The Morgan fingerprint density at radius 3 is 2.54 bits per heavy atom. The van der Waals surface area contributed by atoms with Crippen LogP contribution in [0, 0.1) is 0 Å². The molecule has 1 fully saturated rings. The summed E-state index contributed by atoms with van der Waals surface area (Å²) in [6, 6.07) is 10.8. The molecule has 1 nitrogen and oxygen atoms in total. The Hall–Kier alpha value is -0.820. The van der Waals surface area contributed by atoms with Crippen molar-refractivity contribution in [1.82, 2.24) is 5.32 Å². The maximum atomic E-state index is 3.61. The minimum atomic E-state index is 0.222. The third-order valence-corrected chi connectivity index (χ3v) is 3.03. The molecule has 13 heavy (non-hydrogen) atoms. The van der Waals surface area contributed by atoms with E-state index >= 15 is 0 Å². The lowest BCUT2D eigenvalue weighted by atomic mass is 9.84. The Morgan fingerprint density at radius 2 is 1.92 bits per heavy atom. The fourth-order valence-corrected chi connectivity index (χ4v) is 2.11. The van der Waals surface area contributed by atoms with E-state index in [0.29, 0.717) is 0 Å². The summed E-state index contributed by atoms with van der Waals surface area (Å²) in [7, 11) is 0. The highest BCUT2D eigenvalue weighted by molar-refractivity contribution is 5.23. The second-order valence-corrected chi connectivity index (χ2v) is 4.08. The van der Waals surface area contributed by atoms with Crippen LogP contribution in [0.3, 0.4) is 0 Å². The van der Waals surface area contributed by atoms with Gasteiger partial charge in [-0.05, 0) is 31.9 Å². The molecule has 70 valence electrons. The topological polar surface area (TPSA) is 12.0 Å². The standard InChI is InChI=1S/C12H17N/c1-12(9-5-6-10-13-12)11-7-3-2-4-8-11/h2-4,7-8,13H,5-6,9-10H2,1H3/t12-/m1/s1. The summed E-state index contributed by atoms with van der Waals surface area (Å²) in [5.74, 6) is 0. The van der Waals surface area contributed by atoms with Crippen LogP contribution in [0.25, 0.3) is 0 Å². The molecule has 1 atom stereocenters. The van der Waals surface area contributed by atoms with Crippen molar-refractivity contribution in [2.24, 2.45) is 0 Å². The summed E-state index contributed by atoms with van der Waals surface area (Å²) >= 11 is 0. The van der Waals surface area contributed by atoms with Gasteiger partial charge >= 0.3 is 0 Å². The van der Waals surface area contributed by atoms with Crippen LogP contribution in [0.15, 0.2) is 30.3 Å². The number of hydrogen-bond donors (Lipinski definition) is 1. The van der Waals surface area contributed by atoms with Gasteiger partial charge in [0.25, 0.3) is 0 Å². The third-order valence-electron chi connectivity index (χ3n) is 3.03. The van der Waals surface area contributed by atoms with Gasteiger partial charge in [0, 0.05) is 5.54 Å². The third kappa shape index (κ3) is 1.75. The minimum absolute atomic E-state index is 0.222. The number of nitrogens with one attached hydrogen (secondary N) is 1. The van der Waals surface area contributed by atoms with Crippen LogP contribution in [0.1, 0.15) is 31.7 Å². The van der Waals surface area contributed by atoms with E-state index in [1.54, 1.807) is 0 Å². The summed E-state index contributed by atoms with van der Waals surface area (Å²) in [6.07, 6.45) is 3.93. The van der Waals surface area contributed by atoms with Gasteiger partial charge < -0.3 is 5.32 Å². The molecule has 2 rings (SSSR count). The van der Waals surface area contributed by atoms with Crippen molar-refractivity contribution in [3.05, 3.63) is 35.9 Å². The SMILES string of the molecule is C[C@]1(c2ccccc2)CCCCN1. The molecule has 1 aliphatic heterocycles. The van der Waals surface area contributed by atoms with Crippen LogP contribution in [0.5, 0.6) is 0 Å². The Morgan fingerprint density at radius 1 is 1.15 bits per heavy atom. The number of piperidine rings is 1. The predicted molar refractivity (Wildman–Crippen MR) is 55.6 cm³/mol. The van der Waals surface area contributed by atoms with Crippen LogP contribution in [-0.2, 0) is 5.54 Å². The van der Waals surface area contributed by atoms with Crippen molar-refractivity contribution < 1.29 is 0 Å². The molecule has 1 heteroatoms. The highest BCUT2D eigenvalue weighted by Gasteiger charge is 2.27. The summed E-state index contributed by atoms with van der Waals surface area (Å²) in [4.78, 5) is 0. The summed E-state index contributed by atoms with van der Waals surface area (Å²) in [5, 5.41) is 3.61. The highest BCUT2D eigenvalue weighted by atomic mass is 15.0. The van der Waals surface area contributed by atoms with E-state index in [4.69, 9.17) is 0 Å². The lowest BCUT2D eigenvalue weighted by molar-refractivity contribution is 0.283. The zero-order chi connectivity index (χ0) is 9.15. The molecular weight excluding hydrogens is 158 g/mol. The van der Waals surface area contributed by atoms with Crippen molar-refractivity contribution in [2.75, 3.05) is 6.54 Å². The van der Waals surface area contributed by atoms with E-state index in [2.05, 4.69) is 42.6 Å². The first kappa shape index (κ1) is 8.76. The monoisotopic (exact) mass is 175 g/mol. The van der Waals surface area contributed by atoms with Gasteiger partial charge in [0.2, 0.25) is 0 Å². The Kier molecular flexibility index (Phi) is 2.36. The largest absolute Gasteiger partial charge is 0.308 e. The first-order chi connectivity index (χ1) is 6.31. The molecule has 0 aromatic heterocycles. The lowest BCUT2D eigenvalue weighted by Crippen LogP contribution is -2.43. The van der Waals surface area contributed by atoms with E-state index in [-0.39, 0.29) is 5.54 Å². The average molecular weight is 175 g/mol. The first-order valence-corrected chi connectivity index (χ1v) is 5.12. The number of benzene rings is 1. The highest BCUT2D eigenvalue weighted by Crippen LogP contribution is 2.29. The van der Waals surface area contributed by atoms with Gasteiger partial charge in [0.1, 0.15) is 0 Å². The molecule has 0 aliphatic carbocycles. The maximum absolute atomic E-state index is 3.61. The maximum Gasteiger partial charge on any atom is 0.0406 e. The minimum Gasteiger partial charge on any atom is -0.308 e. The second kappa shape index (κ2) is 3.51. The molecule has 1 saturated heterocycles. The van der Waals surface area contributed by atoms with Gasteiger partial charge in [-0.3, -0.25) is 0 Å². The van der Waals surface area contributed by atoms with Crippen LogP contribution in [-0.4, -0.2) is 6.54 Å². The van der Waals surface area contributed by atoms with Gasteiger partial charge in [0.15, 0.2) is 0 Å². The van der Waals surface area contributed by atoms with Gasteiger partial charge in [-0.2, -0.15) is 0 Å². The zero-order valence-corrected chi connectivity index (χ0v) is 8.22. The van der Waals surface area contributed by atoms with E-state index in [1.807, 2.05) is 0 Å². The Bertz CT molecular complexity index is 260. The van der Waals surface area contributed by atoms with Crippen LogP contribution in [0.4, 0.5) is 0 Å². The van der Waals surface area contributed by atoms with Crippen molar-refractivity contribution in [2.45, 2.75) is 31.7 Å². The molecule has 1 heterocycles. The van der Waals surface area contributed by atoms with E-state index in [1.165, 1.54) is 24.8 Å². The van der Waals surface area contributed by atoms with Gasteiger partial charge in [-0.15, -0.1) is 0 Å². The molecule has 0 saturated carbocycles. The Balaban J connectivity index is 2.23. The quantitative estimate of drug-likeness (QED) is 0.692. The molecule has 1 aromatic carbocycles. The number of hydrogen-bond acceptors (Lipinski definition) is 1. The Labute approximate surface area is 80.2 Å². The second-order valence-electron chi connectivity index (χ2n) is 4.08. The normalized spacial score (nSPS) is 28.7. The fraction of sp³-hybridized carbons (Fsp3) is 0.500. The molecule has 0 spiro atoms. The van der Waals surface area contributed by atoms with Crippen LogP contribution in [0.2, 0.25) is 0 Å². The molecule has 0 bridgehead atoms. The van der Waals surface area contributed by atoms with Crippen LogP contribution >= 0.6 is 0 Å². The van der Waals surface area contributed by atoms with E-state index in [9.17, 15) is 0 Å². The van der Waals surface area contributed by atoms with Crippen molar-refractivity contribution in [3.63, 3.8) is 0 Å². The predicted octanol–water partition coefficient (Wildman–Crippen LogP) is 2.68.